The average molecular weight is 241 g/mol. The van der Waals surface area contributed by atoms with Gasteiger partial charge in [-0.15, -0.1) is 0 Å². The van der Waals surface area contributed by atoms with Crippen LogP contribution in [0.2, 0.25) is 0 Å². The lowest BCUT2D eigenvalue weighted by molar-refractivity contribution is 0.0240. The summed E-state index contributed by atoms with van der Waals surface area (Å²) in [4.78, 5) is 6.66. The zero-order chi connectivity index (χ0) is 12.9. The number of hydrogen-bond acceptors (Lipinski definition) is 2. The van der Waals surface area contributed by atoms with Crippen LogP contribution >= 0.6 is 0 Å². The summed E-state index contributed by atoms with van der Waals surface area (Å²) >= 11 is 0. The van der Waals surface area contributed by atoms with Gasteiger partial charge in [-0.3, -0.25) is 4.99 Å². The van der Waals surface area contributed by atoms with E-state index in [9.17, 15) is 0 Å². The van der Waals surface area contributed by atoms with E-state index >= 15 is 0 Å². The Labute approximate surface area is 105 Å². The molecule has 1 aliphatic heterocycles. The highest BCUT2D eigenvalue weighted by Crippen LogP contribution is 2.22. The summed E-state index contributed by atoms with van der Waals surface area (Å²) < 4.78 is 5.47. The minimum atomic E-state index is 0.0976. The van der Waals surface area contributed by atoms with Gasteiger partial charge in [0.15, 0.2) is 5.96 Å². The van der Waals surface area contributed by atoms with Crippen molar-refractivity contribution in [1.29, 1.82) is 0 Å². The summed E-state index contributed by atoms with van der Waals surface area (Å²) in [6.45, 7) is 9.21. The van der Waals surface area contributed by atoms with Crippen molar-refractivity contribution in [3.63, 3.8) is 0 Å². The summed E-state index contributed by atoms with van der Waals surface area (Å²) in [6.07, 6.45) is 3.88. The first kappa shape index (κ1) is 14.3. The van der Waals surface area contributed by atoms with Gasteiger partial charge >= 0.3 is 0 Å². The molecular weight excluding hydrogens is 214 g/mol. The predicted octanol–water partition coefficient (Wildman–Crippen LogP) is 1.85. The van der Waals surface area contributed by atoms with Crippen LogP contribution in [0.4, 0.5) is 0 Å². The normalized spacial score (nSPS) is 20.5. The fourth-order valence-corrected chi connectivity index (χ4v) is 2.10. The summed E-state index contributed by atoms with van der Waals surface area (Å²) in [7, 11) is 1.74. The monoisotopic (exact) mass is 241 g/mol. The van der Waals surface area contributed by atoms with E-state index in [1.165, 1.54) is 19.3 Å². The molecule has 0 aromatic carbocycles. The fourth-order valence-electron chi connectivity index (χ4n) is 2.10. The van der Waals surface area contributed by atoms with E-state index in [1.54, 1.807) is 7.11 Å². The van der Waals surface area contributed by atoms with Crippen LogP contribution in [-0.4, -0.2) is 43.7 Å². The van der Waals surface area contributed by atoms with Crippen molar-refractivity contribution >= 4 is 5.96 Å². The SMILES string of the molecule is COC(CN=C(N)N1CCCCC1)C(C)(C)C. The van der Waals surface area contributed by atoms with E-state index in [0.29, 0.717) is 12.5 Å². The maximum absolute atomic E-state index is 6.02. The van der Waals surface area contributed by atoms with Crippen molar-refractivity contribution in [2.45, 2.75) is 46.1 Å². The molecule has 4 heteroatoms. The second-order valence-electron chi connectivity index (χ2n) is 5.84. The molecule has 0 aliphatic carbocycles. The quantitative estimate of drug-likeness (QED) is 0.606. The molecule has 1 rings (SSSR count). The number of nitrogens with zero attached hydrogens (tertiary/aromatic N) is 2. The van der Waals surface area contributed by atoms with Gasteiger partial charge in [0.2, 0.25) is 0 Å². The topological polar surface area (TPSA) is 50.9 Å². The second-order valence-corrected chi connectivity index (χ2v) is 5.84. The predicted molar refractivity (Wildman–Crippen MR) is 72.2 cm³/mol. The Bertz CT molecular complexity index is 252. The van der Waals surface area contributed by atoms with E-state index in [0.717, 1.165) is 13.1 Å². The van der Waals surface area contributed by atoms with E-state index in [4.69, 9.17) is 10.5 Å². The third-order valence-corrected chi connectivity index (χ3v) is 3.35. The molecule has 0 bridgehead atoms. The molecule has 1 fully saturated rings. The van der Waals surface area contributed by atoms with E-state index in [1.807, 2.05) is 0 Å². The van der Waals surface area contributed by atoms with Crippen molar-refractivity contribution in [3.05, 3.63) is 0 Å². The number of methoxy groups -OCH3 is 1. The van der Waals surface area contributed by atoms with Gasteiger partial charge in [-0.1, -0.05) is 20.8 Å². The molecule has 1 aliphatic rings. The van der Waals surface area contributed by atoms with Crippen LogP contribution in [-0.2, 0) is 4.74 Å². The molecule has 0 radical (unpaired) electrons. The first-order chi connectivity index (χ1) is 7.95. The first-order valence-corrected chi connectivity index (χ1v) is 6.53. The third-order valence-electron chi connectivity index (χ3n) is 3.35. The number of ether oxygens (including phenoxy) is 1. The van der Waals surface area contributed by atoms with Crippen molar-refractivity contribution in [2.75, 3.05) is 26.7 Å². The Hall–Kier alpha value is -0.770. The maximum atomic E-state index is 6.02. The molecular formula is C13H27N3O. The van der Waals surface area contributed by atoms with Gasteiger partial charge in [-0.25, -0.2) is 0 Å². The first-order valence-electron chi connectivity index (χ1n) is 6.53. The summed E-state index contributed by atoms with van der Waals surface area (Å²) in [5, 5.41) is 0. The number of piperidine rings is 1. The van der Waals surface area contributed by atoms with Crippen molar-refractivity contribution in [3.8, 4) is 0 Å². The molecule has 2 N–H and O–H groups in total. The van der Waals surface area contributed by atoms with Crippen molar-refractivity contribution < 1.29 is 4.74 Å². The molecule has 1 unspecified atom stereocenters. The van der Waals surface area contributed by atoms with Gasteiger partial charge in [0.1, 0.15) is 0 Å². The lowest BCUT2D eigenvalue weighted by Gasteiger charge is -2.30. The van der Waals surface area contributed by atoms with Gasteiger partial charge in [0.05, 0.1) is 12.6 Å². The van der Waals surface area contributed by atoms with Gasteiger partial charge in [0, 0.05) is 20.2 Å². The van der Waals surface area contributed by atoms with Gasteiger partial charge in [-0.05, 0) is 24.7 Å². The van der Waals surface area contributed by atoms with Crippen LogP contribution in [0.3, 0.4) is 0 Å². The molecule has 0 saturated carbocycles. The Kier molecular flexibility index (Phi) is 5.25. The van der Waals surface area contributed by atoms with E-state index in [2.05, 4.69) is 30.7 Å². The largest absolute Gasteiger partial charge is 0.379 e. The second kappa shape index (κ2) is 6.24. The summed E-state index contributed by atoms with van der Waals surface area (Å²) in [5.74, 6) is 0.677. The Morgan fingerprint density at radius 2 is 1.88 bits per heavy atom. The average Bonchev–Trinajstić information content (AvgIpc) is 2.29. The fraction of sp³-hybridized carbons (Fsp3) is 0.923. The summed E-state index contributed by atoms with van der Waals surface area (Å²) in [6, 6.07) is 0. The van der Waals surface area contributed by atoms with Gasteiger partial charge in [-0.2, -0.15) is 0 Å². The minimum Gasteiger partial charge on any atom is -0.379 e. The Morgan fingerprint density at radius 1 is 1.29 bits per heavy atom. The van der Waals surface area contributed by atoms with Gasteiger partial charge < -0.3 is 15.4 Å². The van der Waals surface area contributed by atoms with Crippen LogP contribution in [0.5, 0.6) is 0 Å². The standard InChI is InChI=1S/C13H27N3O/c1-13(2,3)11(17-4)10-15-12(14)16-8-6-5-7-9-16/h11H,5-10H2,1-4H3,(H2,14,15). The molecule has 4 nitrogen and oxygen atoms in total. The highest BCUT2D eigenvalue weighted by atomic mass is 16.5. The molecule has 0 amide bonds. The van der Waals surface area contributed by atoms with Crippen molar-refractivity contribution in [2.24, 2.45) is 16.1 Å². The molecule has 1 saturated heterocycles. The van der Waals surface area contributed by atoms with Crippen LogP contribution in [0.25, 0.3) is 0 Å². The summed E-state index contributed by atoms with van der Waals surface area (Å²) in [5.41, 5.74) is 6.11. The molecule has 17 heavy (non-hydrogen) atoms. The van der Waals surface area contributed by atoms with Gasteiger partial charge in [0.25, 0.3) is 0 Å². The van der Waals surface area contributed by atoms with Crippen LogP contribution in [0, 0.1) is 5.41 Å². The molecule has 0 spiro atoms. The molecule has 100 valence electrons. The zero-order valence-electron chi connectivity index (χ0n) is 11.7. The van der Waals surface area contributed by atoms with Crippen molar-refractivity contribution in [1.82, 2.24) is 4.90 Å². The number of aliphatic imine (C=N–C) groups is 1. The smallest absolute Gasteiger partial charge is 0.191 e. The molecule has 0 aromatic rings. The molecule has 0 aromatic heterocycles. The number of nitrogens with two attached hydrogens (primary N) is 1. The van der Waals surface area contributed by atoms with Crippen LogP contribution in [0.1, 0.15) is 40.0 Å². The Balaban J connectivity index is 2.50. The van der Waals surface area contributed by atoms with Crippen LogP contribution < -0.4 is 5.73 Å². The highest BCUT2D eigenvalue weighted by Gasteiger charge is 2.24. The lowest BCUT2D eigenvalue weighted by atomic mass is 9.89. The minimum absolute atomic E-state index is 0.0976. The number of guanidine groups is 1. The number of hydrogen-bond donors (Lipinski definition) is 1. The molecule has 1 atom stereocenters. The highest BCUT2D eigenvalue weighted by molar-refractivity contribution is 5.78. The number of rotatable bonds is 3. The Morgan fingerprint density at radius 3 is 2.35 bits per heavy atom. The lowest BCUT2D eigenvalue weighted by Crippen LogP contribution is -2.42. The maximum Gasteiger partial charge on any atom is 0.191 e. The number of likely N-dealkylation sites (tertiary alicyclic amines) is 1. The molecule has 1 heterocycles. The van der Waals surface area contributed by atoms with E-state index < -0.39 is 0 Å². The third kappa shape index (κ3) is 4.54. The van der Waals surface area contributed by atoms with E-state index in [-0.39, 0.29) is 11.5 Å². The van der Waals surface area contributed by atoms with Crippen LogP contribution in [0.15, 0.2) is 4.99 Å². The zero-order valence-corrected chi connectivity index (χ0v) is 11.7.